The minimum absolute atomic E-state index is 0.523. The quantitative estimate of drug-likeness (QED) is 0.813. The fourth-order valence-electron chi connectivity index (χ4n) is 1.68. The van der Waals surface area contributed by atoms with Crippen molar-refractivity contribution in [2.24, 2.45) is 0 Å². The molecule has 0 aliphatic rings. The van der Waals surface area contributed by atoms with Crippen LogP contribution in [0.5, 0.6) is 0 Å². The van der Waals surface area contributed by atoms with Crippen LogP contribution < -0.4 is 0 Å². The van der Waals surface area contributed by atoms with Gasteiger partial charge in [0.15, 0.2) is 4.77 Å². The molecule has 0 saturated carbocycles. The molecule has 0 unspecified atom stereocenters. The number of hydrogen-bond acceptors (Lipinski definition) is 2. The van der Waals surface area contributed by atoms with Crippen molar-refractivity contribution in [3.63, 3.8) is 0 Å². The Labute approximate surface area is 100 Å². The summed E-state index contributed by atoms with van der Waals surface area (Å²) in [5, 5.41) is 0. The lowest BCUT2D eigenvalue weighted by atomic mass is 10.1. The molecule has 0 radical (unpaired) electrons. The number of rotatable bonds is 3. The Balaban J connectivity index is 2.31. The van der Waals surface area contributed by atoms with Crippen LogP contribution >= 0.6 is 12.2 Å². The predicted octanol–water partition coefficient (Wildman–Crippen LogP) is 3.76. The molecule has 1 aromatic carbocycles. The molecule has 2 rings (SSSR count). The average molecular weight is 230 g/mol. The summed E-state index contributed by atoms with van der Waals surface area (Å²) in [5.74, 6) is 0. The van der Waals surface area contributed by atoms with Gasteiger partial charge in [0.05, 0.1) is 0 Å². The minimum Gasteiger partial charge on any atom is -0.330 e. The molecule has 0 aliphatic carbocycles. The highest BCUT2D eigenvalue weighted by atomic mass is 32.1. The smallest absolute Gasteiger partial charge is 0.197 e. The molecule has 82 valence electrons. The molecule has 16 heavy (non-hydrogen) atoms. The van der Waals surface area contributed by atoms with Crippen LogP contribution in [0.1, 0.15) is 18.9 Å². The summed E-state index contributed by atoms with van der Waals surface area (Å²) in [6.07, 6.45) is 4.04. The minimum atomic E-state index is 0.523. The Hall–Kier alpha value is -1.48. The SMILES string of the molecule is CCCc1ccc(-c2ccnc(=S)[nH]2)cc1. The van der Waals surface area contributed by atoms with E-state index >= 15 is 0 Å². The standard InChI is InChI=1S/C13H14N2S/c1-2-3-10-4-6-11(7-5-10)12-8-9-14-13(16)15-12/h4-9H,2-3H2,1H3,(H,14,15,16). The fourth-order valence-corrected chi connectivity index (χ4v) is 1.85. The molecular formula is C13H14N2S. The van der Waals surface area contributed by atoms with Gasteiger partial charge < -0.3 is 4.98 Å². The van der Waals surface area contributed by atoms with E-state index in [1.807, 2.05) is 6.07 Å². The Morgan fingerprint density at radius 3 is 2.56 bits per heavy atom. The van der Waals surface area contributed by atoms with E-state index in [1.165, 1.54) is 12.0 Å². The number of aryl methyl sites for hydroxylation is 1. The van der Waals surface area contributed by atoms with Gasteiger partial charge in [0.25, 0.3) is 0 Å². The zero-order valence-corrected chi connectivity index (χ0v) is 10.1. The Morgan fingerprint density at radius 2 is 1.94 bits per heavy atom. The van der Waals surface area contributed by atoms with Crippen molar-refractivity contribution >= 4 is 12.2 Å². The van der Waals surface area contributed by atoms with Crippen LogP contribution in [0, 0.1) is 4.77 Å². The van der Waals surface area contributed by atoms with E-state index in [0.717, 1.165) is 17.7 Å². The van der Waals surface area contributed by atoms with Crippen LogP contribution in [0.4, 0.5) is 0 Å². The average Bonchev–Trinajstić information content (AvgIpc) is 2.30. The molecule has 0 atom stereocenters. The molecule has 0 fully saturated rings. The van der Waals surface area contributed by atoms with Crippen molar-refractivity contribution in [3.8, 4) is 11.3 Å². The van der Waals surface area contributed by atoms with Gasteiger partial charge in [-0.05, 0) is 35.8 Å². The van der Waals surface area contributed by atoms with Gasteiger partial charge in [-0.15, -0.1) is 0 Å². The Bertz CT molecular complexity index is 514. The largest absolute Gasteiger partial charge is 0.330 e. The van der Waals surface area contributed by atoms with Crippen molar-refractivity contribution in [1.82, 2.24) is 9.97 Å². The third kappa shape index (κ3) is 2.55. The number of nitrogens with one attached hydrogen (secondary N) is 1. The van der Waals surface area contributed by atoms with Crippen LogP contribution in [0.15, 0.2) is 36.5 Å². The summed E-state index contributed by atoms with van der Waals surface area (Å²) in [4.78, 5) is 7.05. The lowest BCUT2D eigenvalue weighted by Crippen LogP contribution is -1.87. The van der Waals surface area contributed by atoms with Crippen LogP contribution in [-0.2, 0) is 6.42 Å². The summed E-state index contributed by atoms with van der Waals surface area (Å²) >= 11 is 5.00. The molecule has 2 aromatic rings. The van der Waals surface area contributed by atoms with Crippen LogP contribution in [0.2, 0.25) is 0 Å². The summed E-state index contributed by atoms with van der Waals surface area (Å²) in [7, 11) is 0. The van der Waals surface area contributed by atoms with Gasteiger partial charge in [-0.1, -0.05) is 37.6 Å². The number of H-pyrrole nitrogens is 1. The van der Waals surface area contributed by atoms with Gasteiger partial charge in [0, 0.05) is 11.9 Å². The maximum absolute atomic E-state index is 5.00. The van der Waals surface area contributed by atoms with E-state index in [4.69, 9.17) is 12.2 Å². The van der Waals surface area contributed by atoms with Crippen molar-refractivity contribution in [2.45, 2.75) is 19.8 Å². The van der Waals surface area contributed by atoms with Crippen LogP contribution in [-0.4, -0.2) is 9.97 Å². The zero-order valence-electron chi connectivity index (χ0n) is 9.23. The molecule has 1 heterocycles. The summed E-state index contributed by atoms with van der Waals surface area (Å²) < 4.78 is 0.523. The van der Waals surface area contributed by atoms with Crippen LogP contribution in [0.3, 0.4) is 0 Å². The first-order valence-electron chi connectivity index (χ1n) is 5.44. The number of hydrogen-bond donors (Lipinski definition) is 1. The number of benzene rings is 1. The summed E-state index contributed by atoms with van der Waals surface area (Å²) in [5.41, 5.74) is 3.54. The molecule has 2 nitrogen and oxygen atoms in total. The first kappa shape index (κ1) is 11.0. The highest BCUT2D eigenvalue weighted by Gasteiger charge is 1.97. The van der Waals surface area contributed by atoms with E-state index in [-0.39, 0.29) is 0 Å². The first-order valence-corrected chi connectivity index (χ1v) is 5.85. The molecule has 1 aromatic heterocycles. The van der Waals surface area contributed by atoms with E-state index in [0.29, 0.717) is 4.77 Å². The van der Waals surface area contributed by atoms with Crippen molar-refractivity contribution in [2.75, 3.05) is 0 Å². The van der Waals surface area contributed by atoms with E-state index in [9.17, 15) is 0 Å². The first-order chi connectivity index (χ1) is 7.79. The highest BCUT2D eigenvalue weighted by Crippen LogP contribution is 2.17. The molecule has 3 heteroatoms. The van der Waals surface area contributed by atoms with E-state index < -0.39 is 0 Å². The molecule has 0 bridgehead atoms. The lowest BCUT2D eigenvalue weighted by Gasteiger charge is -2.03. The topological polar surface area (TPSA) is 28.7 Å². The predicted molar refractivity (Wildman–Crippen MR) is 68.9 cm³/mol. The van der Waals surface area contributed by atoms with Gasteiger partial charge in [-0.3, -0.25) is 0 Å². The van der Waals surface area contributed by atoms with Gasteiger partial charge in [-0.2, -0.15) is 0 Å². The summed E-state index contributed by atoms with van der Waals surface area (Å²) in [6.45, 7) is 2.19. The Kier molecular flexibility index (Phi) is 3.47. The second kappa shape index (κ2) is 5.03. The van der Waals surface area contributed by atoms with Gasteiger partial charge in [0.2, 0.25) is 0 Å². The lowest BCUT2D eigenvalue weighted by molar-refractivity contribution is 0.922. The summed E-state index contributed by atoms with van der Waals surface area (Å²) in [6, 6.07) is 10.5. The zero-order chi connectivity index (χ0) is 11.4. The van der Waals surface area contributed by atoms with Crippen molar-refractivity contribution in [1.29, 1.82) is 0 Å². The molecule has 0 aliphatic heterocycles. The van der Waals surface area contributed by atoms with E-state index in [1.54, 1.807) is 6.20 Å². The second-order valence-corrected chi connectivity index (χ2v) is 4.12. The number of aromatic nitrogens is 2. The fraction of sp³-hybridized carbons (Fsp3) is 0.231. The maximum atomic E-state index is 5.00. The van der Waals surface area contributed by atoms with Gasteiger partial charge in [-0.25, -0.2) is 4.98 Å². The maximum Gasteiger partial charge on any atom is 0.197 e. The van der Waals surface area contributed by atoms with Crippen molar-refractivity contribution < 1.29 is 0 Å². The molecule has 0 spiro atoms. The molecule has 0 saturated heterocycles. The number of nitrogens with zero attached hydrogens (tertiary/aromatic N) is 1. The molecule has 0 amide bonds. The second-order valence-electron chi connectivity index (χ2n) is 3.74. The number of aromatic amines is 1. The third-order valence-electron chi connectivity index (χ3n) is 2.48. The van der Waals surface area contributed by atoms with Gasteiger partial charge in [0.1, 0.15) is 0 Å². The molecular weight excluding hydrogens is 216 g/mol. The normalized spacial score (nSPS) is 10.3. The van der Waals surface area contributed by atoms with Crippen molar-refractivity contribution in [3.05, 3.63) is 46.9 Å². The highest BCUT2D eigenvalue weighted by molar-refractivity contribution is 7.71. The Morgan fingerprint density at radius 1 is 1.19 bits per heavy atom. The monoisotopic (exact) mass is 230 g/mol. The van der Waals surface area contributed by atoms with Gasteiger partial charge >= 0.3 is 0 Å². The third-order valence-corrected chi connectivity index (χ3v) is 2.69. The molecule has 1 N–H and O–H groups in total. The van der Waals surface area contributed by atoms with E-state index in [2.05, 4.69) is 41.2 Å². The van der Waals surface area contributed by atoms with Crippen LogP contribution in [0.25, 0.3) is 11.3 Å².